The summed E-state index contributed by atoms with van der Waals surface area (Å²) < 4.78 is 33.6. The molecule has 0 saturated heterocycles. The molecule has 0 aliphatic carbocycles. The van der Waals surface area contributed by atoms with Gasteiger partial charge < -0.3 is 23.8 Å². The standard InChI is InChI=1S/C21H34NO7P/c1-7-26-19(23)18(22-20(24)29-21(4,5)6)14-16-10-12-17(13-11-16)15-30(25,27-8-2)28-9-3/h10-13,18H,7-9,14-15H2,1-6H3,(H,22,24). The van der Waals surface area contributed by atoms with Crippen molar-refractivity contribution in [3.8, 4) is 0 Å². The van der Waals surface area contributed by atoms with E-state index in [2.05, 4.69) is 5.32 Å². The molecule has 30 heavy (non-hydrogen) atoms. The number of amides is 1. The zero-order valence-electron chi connectivity index (χ0n) is 18.7. The lowest BCUT2D eigenvalue weighted by Gasteiger charge is -2.23. The van der Waals surface area contributed by atoms with Gasteiger partial charge in [0.25, 0.3) is 0 Å². The maximum atomic E-state index is 12.7. The zero-order valence-corrected chi connectivity index (χ0v) is 19.6. The summed E-state index contributed by atoms with van der Waals surface area (Å²) in [4.78, 5) is 24.4. The Kier molecular flexibility index (Phi) is 10.5. The molecule has 0 fully saturated rings. The minimum atomic E-state index is -3.20. The zero-order chi connectivity index (χ0) is 22.8. The molecule has 0 aromatic heterocycles. The predicted molar refractivity (Wildman–Crippen MR) is 114 cm³/mol. The molecule has 1 amide bonds. The molecule has 0 aliphatic heterocycles. The Morgan fingerprint density at radius 3 is 1.97 bits per heavy atom. The van der Waals surface area contributed by atoms with Gasteiger partial charge in [-0.25, -0.2) is 9.59 Å². The summed E-state index contributed by atoms with van der Waals surface area (Å²) in [5.74, 6) is -0.537. The van der Waals surface area contributed by atoms with Crippen LogP contribution >= 0.6 is 7.60 Å². The average molecular weight is 443 g/mol. The molecule has 0 spiro atoms. The van der Waals surface area contributed by atoms with Gasteiger partial charge in [-0.2, -0.15) is 0 Å². The van der Waals surface area contributed by atoms with Crippen LogP contribution in [0.4, 0.5) is 4.79 Å². The minimum absolute atomic E-state index is 0.159. The number of ether oxygens (including phenoxy) is 2. The SMILES string of the molecule is CCOC(=O)C(Cc1ccc(CP(=O)(OCC)OCC)cc1)NC(=O)OC(C)(C)C. The maximum Gasteiger partial charge on any atom is 0.408 e. The van der Waals surface area contributed by atoms with Crippen molar-refractivity contribution in [1.82, 2.24) is 5.32 Å². The van der Waals surface area contributed by atoms with Gasteiger partial charge in [-0.15, -0.1) is 0 Å². The highest BCUT2D eigenvalue weighted by Gasteiger charge is 2.26. The fraction of sp³-hybridized carbons (Fsp3) is 0.619. The molecular weight excluding hydrogens is 409 g/mol. The van der Waals surface area contributed by atoms with Gasteiger partial charge in [-0.3, -0.25) is 4.57 Å². The molecule has 0 aliphatic rings. The highest BCUT2D eigenvalue weighted by Crippen LogP contribution is 2.51. The van der Waals surface area contributed by atoms with Gasteiger partial charge in [0.15, 0.2) is 0 Å². The molecule has 170 valence electrons. The van der Waals surface area contributed by atoms with Crippen LogP contribution in [0.2, 0.25) is 0 Å². The molecule has 1 atom stereocenters. The normalized spacial score (nSPS) is 12.9. The Bertz CT molecular complexity index is 718. The monoisotopic (exact) mass is 443 g/mol. The molecule has 9 heteroatoms. The summed E-state index contributed by atoms with van der Waals surface area (Å²) in [7, 11) is -3.20. The van der Waals surface area contributed by atoms with Crippen LogP contribution in [0, 0.1) is 0 Å². The van der Waals surface area contributed by atoms with Crippen molar-refractivity contribution in [2.45, 2.75) is 65.8 Å². The van der Waals surface area contributed by atoms with Gasteiger partial charge in [0, 0.05) is 6.42 Å². The van der Waals surface area contributed by atoms with Gasteiger partial charge in [0.05, 0.1) is 26.0 Å². The van der Waals surface area contributed by atoms with Crippen LogP contribution in [0.5, 0.6) is 0 Å². The number of carbonyl (C=O) groups is 2. The van der Waals surface area contributed by atoms with E-state index in [4.69, 9.17) is 18.5 Å². The van der Waals surface area contributed by atoms with E-state index >= 15 is 0 Å². The highest BCUT2D eigenvalue weighted by atomic mass is 31.2. The first kappa shape index (κ1) is 26.1. The van der Waals surface area contributed by atoms with Crippen molar-refractivity contribution in [3.63, 3.8) is 0 Å². The Morgan fingerprint density at radius 1 is 0.967 bits per heavy atom. The second-order valence-corrected chi connectivity index (χ2v) is 9.63. The Balaban J connectivity index is 2.88. The largest absolute Gasteiger partial charge is 0.464 e. The topological polar surface area (TPSA) is 100 Å². The fourth-order valence-corrected chi connectivity index (χ4v) is 4.35. The number of hydrogen-bond acceptors (Lipinski definition) is 7. The molecule has 1 aromatic rings. The second-order valence-electron chi connectivity index (χ2n) is 7.58. The highest BCUT2D eigenvalue weighted by molar-refractivity contribution is 7.53. The van der Waals surface area contributed by atoms with Crippen molar-refractivity contribution in [3.05, 3.63) is 35.4 Å². The lowest BCUT2D eigenvalue weighted by Crippen LogP contribution is -2.45. The molecule has 0 saturated carbocycles. The lowest BCUT2D eigenvalue weighted by atomic mass is 10.0. The van der Waals surface area contributed by atoms with Crippen LogP contribution in [-0.2, 0) is 40.5 Å². The number of esters is 1. The van der Waals surface area contributed by atoms with E-state index in [0.717, 1.165) is 11.1 Å². The molecule has 0 radical (unpaired) electrons. The van der Waals surface area contributed by atoms with Crippen molar-refractivity contribution in [2.24, 2.45) is 0 Å². The van der Waals surface area contributed by atoms with Crippen molar-refractivity contribution in [1.29, 1.82) is 0 Å². The number of benzene rings is 1. The predicted octanol–water partition coefficient (Wildman–Crippen LogP) is 4.45. The summed E-state index contributed by atoms with van der Waals surface area (Å²) in [6.45, 7) is 11.3. The van der Waals surface area contributed by atoms with E-state index in [-0.39, 0.29) is 19.2 Å². The van der Waals surface area contributed by atoms with Crippen LogP contribution in [0.3, 0.4) is 0 Å². The van der Waals surface area contributed by atoms with Gasteiger partial charge >= 0.3 is 19.7 Å². The molecular formula is C21H34NO7P. The lowest BCUT2D eigenvalue weighted by molar-refractivity contribution is -0.145. The summed E-state index contributed by atoms with van der Waals surface area (Å²) in [6, 6.07) is 6.33. The van der Waals surface area contributed by atoms with E-state index in [0.29, 0.717) is 13.2 Å². The number of hydrogen-bond donors (Lipinski definition) is 1. The fourth-order valence-electron chi connectivity index (χ4n) is 2.65. The number of alkyl carbamates (subject to hydrolysis) is 1. The van der Waals surface area contributed by atoms with Crippen molar-refractivity contribution >= 4 is 19.7 Å². The van der Waals surface area contributed by atoms with E-state index in [1.165, 1.54) is 0 Å². The molecule has 0 bridgehead atoms. The molecule has 0 heterocycles. The molecule has 1 unspecified atom stereocenters. The summed E-state index contributed by atoms with van der Waals surface area (Å²) in [6.07, 6.45) is -0.300. The van der Waals surface area contributed by atoms with E-state index in [1.807, 2.05) is 0 Å². The van der Waals surface area contributed by atoms with Gasteiger partial charge in [0.1, 0.15) is 11.6 Å². The van der Waals surface area contributed by atoms with Crippen LogP contribution in [0.15, 0.2) is 24.3 Å². The van der Waals surface area contributed by atoms with Crippen LogP contribution in [0.1, 0.15) is 52.7 Å². The molecule has 1 N–H and O–H groups in total. The summed E-state index contributed by atoms with van der Waals surface area (Å²) in [5, 5.41) is 2.57. The third-order valence-corrected chi connectivity index (χ3v) is 5.81. The van der Waals surface area contributed by atoms with Gasteiger partial charge in [-0.1, -0.05) is 24.3 Å². The molecule has 1 rings (SSSR count). The first-order valence-corrected chi connectivity index (χ1v) is 11.9. The maximum absolute atomic E-state index is 12.7. The third kappa shape index (κ3) is 9.74. The Morgan fingerprint density at radius 2 is 1.50 bits per heavy atom. The Labute approximate surface area is 179 Å². The summed E-state index contributed by atoms with van der Waals surface area (Å²) in [5.41, 5.74) is 0.910. The molecule has 1 aromatic carbocycles. The number of rotatable bonds is 11. The van der Waals surface area contributed by atoms with E-state index < -0.39 is 31.3 Å². The van der Waals surface area contributed by atoms with Crippen LogP contribution < -0.4 is 5.32 Å². The minimum Gasteiger partial charge on any atom is -0.464 e. The van der Waals surface area contributed by atoms with E-state index in [9.17, 15) is 14.2 Å². The Hall–Kier alpha value is -1.89. The smallest absolute Gasteiger partial charge is 0.408 e. The number of carbonyl (C=O) groups excluding carboxylic acids is 2. The number of nitrogens with one attached hydrogen (secondary N) is 1. The van der Waals surface area contributed by atoms with Crippen molar-refractivity contribution < 1.29 is 32.7 Å². The first-order valence-electron chi connectivity index (χ1n) is 10.1. The van der Waals surface area contributed by atoms with Gasteiger partial charge in [-0.05, 0) is 52.7 Å². The second kappa shape index (κ2) is 12.1. The van der Waals surface area contributed by atoms with Crippen LogP contribution in [-0.4, -0.2) is 43.5 Å². The molecule has 8 nitrogen and oxygen atoms in total. The van der Waals surface area contributed by atoms with Crippen molar-refractivity contribution in [2.75, 3.05) is 19.8 Å². The van der Waals surface area contributed by atoms with Crippen LogP contribution in [0.25, 0.3) is 0 Å². The third-order valence-electron chi connectivity index (χ3n) is 3.75. The quantitative estimate of drug-likeness (QED) is 0.398. The first-order chi connectivity index (χ1) is 14.0. The van der Waals surface area contributed by atoms with E-state index in [1.54, 1.807) is 65.8 Å². The summed E-state index contributed by atoms with van der Waals surface area (Å²) >= 11 is 0. The van der Waals surface area contributed by atoms with Gasteiger partial charge in [0.2, 0.25) is 0 Å². The average Bonchev–Trinajstić information content (AvgIpc) is 2.61.